The minimum absolute atomic E-state index is 0.0111. The minimum atomic E-state index is -1.05. The quantitative estimate of drug-likeness (QED) is 0.534. The zero-order valence-electron chi connectivity index (χ0n) is 9.37. The third kappa shape index (κ3) is 2.70. The van der Waals surface area contributed by atoms with Crippen molar-refractivity contribution in [3.8, 4) is 0 Å². The van der Waals surface area contributed by atoms with E-state index in [0.29, 0.717) is 5.82 Å². The van der Waals surface area contributed by atoms with Gasteiger partial charge in [0.15, 0.2) is 11.8 Å². The molecule has 92 valence electrons. The first-order valence-electron chi connectivity index (χ1n) is 5.16. The number of nitrogens with zero attached hydrogens (tertiary/aromatic N) is 3. The Morgan fingerprint density at radius 1 is 1.44 bits per heavy atom. The minimum Gasteiger partial charge on any atom is -0.480 e. The highest BCUT2D eigenvalue weighted by atomic mass is 16.4. The Hall–Kier alpha value is -2.70. The lowest BCUT2D eigenvalue weighted by Crippen LogP contribution is -2.24. The number of hydrogen-bond acceptors (Lipinski definition) is 4. The molecule has 0 bridgehead atoms. The topological polar surface area (TPSA) is 113 Å². The van der Waals surface area contributed by atoms with Crippen molar-refractivity contribution in [3.63, 3.8) is 0 Å². The normalized spacial score (nSPS) is 11.4. The van der Waals surface area contributed by atoms with Crippen molar-refractivity contribution in [1.29, 1.82) is 0 Å². The molecular weight excluding hydrogens is 234 g/mol. The van der Waals surface area contributed by atoms with Gasteiger partial charge in [0.1, 0.15) is 6.54 Å². The van der Waals surface area contributed by atoms with Crippen molar-refractivity contribution >= 4 is 28.5 Å². The second kappa shape index (κ2) is 5.09. The molecule has 1 aromatic carbocycles. The zero-order chi connectivity index (χ0) is 13.0. The van der Waals surface area contributed by atoms with Crippen LogP contribution in [0.1, 0.15) is 0 Å². The van der Waals surface area contributed by atoms with Crippen LogP contribution in [-0.2, 0) is 4.79 Å². The van der Waals surface area contributed by atoms with Crippen LogP contribution in [0.4, 0.5) is 5.82 Å². The van der Waals surface area contributed by atoms with E-state index in [9.17, 15) is 4.79 Å². The summed E-state index contributed by atoms with van der Waals surface area (Å²) in [6.45, 7) is -0.392. The number of hydrogen-bond donors (Lipinski definition) is 3. The number of nitrogens with one attached hydrogen (secondary N) is 1. The van der Waals surface area contributed by atoms with E-state index in [2.05, 4.69) is 20.5 Å². The van der Waals surface area contributed by atoms with Crippen molar-refractivity contribution in [3.05, 3.63) is 30.5 Å². The molecule has 2 aromatic rings. The molecule has 1 heterocycles. The molecule has 18 heavy (non-hydrogen) atoms. The molecule has 0 unspecified atom stereocenters. The second-order valence-corrected chi connectivity index (χ2v) is 3.50. The Morgan fingerprint density at radius 2 is 2.22 bits per heavy atom. The van der Waals surface area contributed by atoms with Crippen molar-refractivity contribution in [2.24, 2.45) is 10.7 Å². The Bertz CT molecular complexity index is 606. The lowest BCUT2D eigenvalue weighted by Gasteiger charge is -2.06. The maximum atomic E-state index is 10.4. The number of fused-ring (bicyclic) bond motifs is 1. The second-order valence-electron chi connectivity index (χ2n) is 3.50. The molecule has 7 heteroatoms. The maximum Gasteiger partial charge on any atom is 0.325 e. The number of benzene rings is 1. The van der Waals surface area contributed by atoms with Crippen LogP contribution in [0.25, 0.3) is 10.8 Å². The number of aliphatic imine (C=N–C) groups is 1. The fourth-order valence-corrected chi connectivity index (χ4v) is 1.43. The van der Waals surface area contributed by atoms with E-state index in [4.69, 9.17) is 10.8 Å². The van der Waals surface area contributed by atoms with Gasteiger partial charge in [-0.2, -0.15) is 5.10 Å². The monoisotopic (exact) mass is 245 g/mol. The Balaban J connectivity index is 2.26. The Labute approximate surface area is 102 Å². The number of carboxylic acid groups (broad SMARTS) is 1. The first kappa shape index (κ1) is 11.8. The third-order valence-electron chi connectivity index (χ3n) is 2.20. The molecule has 0 aliphatic rings. The fourth-order valence-electron chi connectivity index (χ4n) is 1.43. The van der Waals surface area contributed by atoms with E-state index >= 15 is 0 Å². The van der Waals surface area contributed by atoms with Crippen molar-refractivity contribution < 1.29 is 9.90 Å². The summed E-state index contributed by atoms with van der Waals surface area (Å²) in [6, 6.07) is 7.49. The summed E-state index contributed by atoms with van der Waals surface area (Å²) in [5.41, 5.74) is 5.55. The highest BCUT2D eigenvalue weighted by molar-refractivity contribution is 6.00. The van der Waals surface area contributed by atoms with Crippen LogP contribution in [0.15, 0.2) is 35.5 Å². The largest absolute Gasteiger partial charge is 0.480 e. The number of guanidine groups is 1. The number of aliphatic carboxylic acids is 1. The first-order chi connectivity index (χ1) is 8.66. The van der Waals surface area contributed by atoms with E-state index in [-0.39, 0.29) is 5.96 Å². The van der Waals surface area contributed by atoms with E-state index in [1.807, 2.05) is 24.3 Å². The van der Waals surface area contributed by atoms with Gasteiger partial charge in [-0.25, -0.2) is 4.99 Å². The number of carbonyl (C=O) groups is 1. The van der Waals surface area contributed by atoms with Gasteiger partial charge in [0.25, 0.3) is 0 Å². The summed E-state index contributed by atoms with van der Waals surface area (Å²) >= 11 is 0. The molecular formula is C11H11N5O2. The number of anilines is 1. The van der Waals surface area contributed by atoms with Crippen molar-refractivity contribution in [1.82, 2.24) is 10.2 Å². The molecule has 4 N–H and O–H groups in total. The zero-order valence-corrected chi connectivity index (χ0v) is 9.37. The van der Waals surface area contributed by atoms with Gasteiger partial charge in [0, 0.05) is 10.8 Å². The maximum absolute atomic E-state index is 10.4. The standard InChI is InChI=1S/C11H11N5O2/c12-11(13-6-9(17)18)15-10-8-4-2-1-3-7(8)5-14-16-10/h1-5H,6H2,(H,17,18)(H3,12,13,15,16). The number of carboxylic acids is 1. The van der Waals surface area contributed by atoms with Crippen molar-refractivity contribution in [2.45, 2.75) is 0 Å². The van der Waals surface area contributed by atoms with Gasteiger partial charge in [0.2, 0.25) is 0 Å². The molecule has 1 aromatic heterocycles. The predicted molar refractivity (Wildman–Crippen MR) is 67.3 cm³/mol. The number of rotatable bonds is 3. The smallest absolute Gasteiger partial charge is 0.325 e. The van der Waals surface area contributed by atoms with Crippen LogP contribution in [-0.4, -0.2) is 33.8 Å². The van der Waals surface area contributed by atoms with Crippen LogP contribution in [0.5, 0.6) is 0 Å². The van der Waals surface area contributed by atoms with Gasteiger partial charge in [-0.1, -0.05) is 24.3 Å². The molecule has 0 amide bonds. The summed E-state index contributed by atoms with van der Waals surface area (Å²) in [6.07, 6.45) is 1.63. The Kier molecular flexibility index (Phi) is 3.33. The fraction of sp³-hybridized carbons (Fsp3) is 0.0909. The molecule has 2 rings (SSSR count). The van der Waals surface area contributed by atoms with Gasteiger partial charge >= 0.3 is 5.97 Å². The van der Waals surface area contributed by atoms with Gasteiger partial charge in [0.05, 0.1) is 6.20 Å². The van der Waals surface area contributed by atoms with Crippen LogP contribution < -0.4 is 11.1 Å². The number of aromatic nitrogens is 2. The summed E-state index contributed by atoms with van der Waals surface area (Å²) in [5, 5.41) is 20.7. The van der Waals surface area contributed by atoms with Crippen LogP contribution >= 0.6 is 0 Å². The predicted octanol–water partition coefficient (Wildman–Crippen LogP) is 0.441. The highest BCUT2D eigenvalue weighted by Gasteiger charge is 2.04. The average molecular weight is 245 g/mol. The van der Waals surface area contributed by atoms with Gasteiger partial charge < -0.3 is 16.2 Å². The molecule has 0 spiro atoms. The van der Waals surface area contributed by atoms with E-state index in [0.717, 1.165) is 10.8 Å². The molecule has 0 fully saturated rings. The summed E-state index contributed by atoms with van der Waals surface area (Å²) in [5.74, 6) is -0.619. The average Bonchev–Trinajstić information content (AvgIpc) is 2.37. The van der Waals surface area contributed by atoms with Gasteiger partial charge in [-0.05, 0) is 0 Å². The Morgan fingerprint density at radius 3 is 3.00 bits per heavy atom. The lowest BCUT2D eigenvalue weighted by molar-refractivity contribution is -0.135. The van der Waals surface area contributed by atoms with Crippen molar-refractivity contribution in [2.75, 3.05) is 11.9 Å². The van der Waals surface area contributed by atoms with Gasteiger partial charge in [-0.3, -0.25) is 4.79 Å². The van der Waals surface area contributed by atoms with Gasteiger partial charge in [-0.15, -0.1) is 5.10 Å². The van der Waals surface area contributed by atoms with E-state index in [1.54, 1.807) is 6.20 Å². The SMILES string of the molecule is NC(=NCC(=O)O)Nc1nncc2ccccc12. The molecule has 7 nitrogen and oxygen atoms in total. The lowest BCUT2D eigenvalue weighted by atomic mass is 10.2. The first-order valence-corrected chi connectivity index (χ1v) is 5.16. The molecule has 0 atom stereocenters. The number of nitrogens with two attached hydrogens (primary N) is 1. The van der Waals surface area contributed by atoms with E-state index < -0.39 is 12.5 Å². The molecule has 0 aliphatic carbocycles. The molecule has 0 saturated heterocycles. The molecule has 0 radical (unpaired) electrons. The summed E-state index contributed by atoms with van der Waals surface area (Å²) in [4.78, 5) is 14.0. The summed E-state index contributed by atoms with van der Waals surface area (Å²) < 4.78 is 0. The molecule has 0 aliphatic heterocycles. The highest BCUT2D eigenvalue weighted by Crippen LogP contribution is 2.18. The third-order valence-corrected chi connectivity index (χ3v) is 2.20. The van der Waals surface area contributed by atoms with Crippen LogP contribution in [0, 0.1) is 0 Å². The van der Waals surface area contributed by atoms with Crippen LogP contribution in [0.3, 0.4) is 0 Å². The molecule has 0 saturated carbocycles. The summed E-state index contributed by atoms with van der Waals surface area (Å²) in [7, 11) is 0. The van der Waals surface area contributed by atoms with Crippen LogP contribution in [0.2, 0.25) is 0 Å². The van der Waals surface area contributed by atoms with E-state index in [1.165, 1.54) is 0 Å².